The van der Waals surface area contributed by atoms with Crippen LogP contribution in [0.5, 0.6) is 0 Å². The summed E-state index contributed by atoms with van der Waals surface area (Å²) in [6.07, 6.45) is 9.08. The summed E-state index contributed by atoms with van der Waals surface area (Å²) in [7, 11) is 1.79. The molecule has 10 heteroatoms. The first kappa shape index (κ1) is 23.0. The van der Waals surface area contributed by atoms with E-state index in [9.17, 15) is 9.59 Å². The molecule has 0 saturated heterocycles. The first-order valence-corrected chi connectivity index (χ1v) is 11.5. The van der Waals surface area contributed by atoms with Gasteiger partial charge in [-0.15, -0.1) is 0 Å². The summed E-state index contributed by atoms with van der Waals surface area (Å²) >= 11 is 0. The number of carbonyl (C=O) groups is 1. The molecule has 0 spiro atoms. The zero-order valence-electron chi connectivity index (χ0n) is 19.7. The highest BCUT2D eigenvalue weighted by atomic mass is 16.3. The van der Waals surface area contributed by atoms with E-state index in [1.54, 1.807) is 48.8 Å². The molecule has 10 nitrogen and oxygen atoms in total. The first-order valence-electron chi connectivity index (χ1n) is 11.5. The molecule has 5 rings (SSSR count). The zero-order chi connectivity index (χ0) is 24.9. The lowest BCUT2D eigenvalue weighted by atomic mass is 10.1. The Balaban J connectivity index is 1.33. The van der Waals surface area contributed by atoms with Crippen molar-refractivity contribution in [3.63, 3.8) is 0 Å². The smallest absolute Gasteiger partial charge is 0.294 e. The summed E-state index contributed by atoms with van der Waals surface area (Å²) in [6.45, 7) is 0.546. The van der Waals surface area contributed by atoms with E-state index in [4.69, 9.17) is 4.42 Å². The van der Waals surface area contributed by atoms with Crippen molar-refractivity contribution in [2.24, 2.45) is 7.05 Å². The molecule has 1 amide bonds. The van der Waals surface area contributed by atoms with Gasteiger partial charge in [-0.25, -0.2) is 4.98 Å². The molecule has 0 bridgehead atoms. The largest absolute Gasteiger partial charge is 0.459 e. The fourth-order valence-electron chi connectivity index (χ4n) is 3.93. The zero-order valence-corrected chi connectivity index (χ0v) is 19.7. The lowest BCUT2D eigenvalue weighted by molar-refractivity contribution is -0.121. The van der Waals surface area contributed by atoms with Crippen LogP contribution in [0.4, 0.5) is 5.82 Å². The predicted molar refractivity (Wildman–Crippen MR) is 135 cm³/mol. The van der Waals surface area contributed by atoms with Gasteiger partial charge in [0.25, 0.3) is 5.56 Å². The summed E-state index contributed by atoms with van der Waals surface area (Å²) in [5, 5.41) is 11.0. The van der Waals surface area contributed by atoms with E-state index >= 15 is 0 Å². The van der Waals surface area contributed by atoms with E-state index in [0.29, 0.717) is 29.1 Å². The minimum Gasteiger partial charge on any atom is -0.459 e. The molecule has 0 aliphatic carbocycles. The second kappa shape index (κ2) is 10.3. The molecule has 0 unspecified atom stereocenters. The number of nitrogens with zero attached hydrogens (tertiary/aromatic N) is 5. The number of carbonyl (C=O) groups excluding carboxylic acids is 1. The second-order valence-corrected chi connectivity index (χ2v) is 8.35. The van der Waals surface area contributed by atoms with Gasteiger partial charge in [-0.1, -0.05) is 30.3 Å². The van der Waals surface area contributed by atoms with Crippen molar-refractivity contribution >= 4 is 22.7 Å². The Bertz CT molecular complexity index is 1520. The number of fused-ring (bicyclic) bond motifs is 1. The highest BCUT2D eigenvalue weighted by molar-refractivity contribution is 5.78. The van der Waals surface area contributed by atoms with Crippen LogP contribution in [0.3, 0.4) is 0 Å². The Morgan fingerprint density at radius 3 is 2.75 bits per heavy atom. The number of hydrogen-bond acceptors (Lipinski definition) is 7. The molecule has 182 valence electrons. The predicted octanol–water partition coefficient (Wildman–Crippen LogP) is 2.76. The van der Waals surface area contributed by atoms with Gasteiger partial charge in [-0.05, 0) is 24.1 Å². The molecule has 0 radical (unpaired) electrons. The van der Waals surface area contributed by atoms with Crippen LogP contribution in [-0.4, -0.2) is 36.8 Å². The van der Waals surface area contributed by atoms with Gasteiger partial charge in [0.15, 0.2) is 5.82 Å². The Morgan fingerprint density at radius 2 is 1.97 bits per heavy atom. The van der Waals surface area contributed by atoms with Crippen molar-refractivity contribution in [3.8, 4) is 11.3 Å². The third-order valence-electron chi connectivity index (χ3n) is 5.73. The number of rotatable bonds is 9. The van der Waals surface area contributed by atoms with Crippen molar-refractivity contribution in [2.75, 3.05) is 11.9 Å². The van der Waals surface area contributed by atoms with Crippen molar-refractivity contribution in [2.45, 2.75) is 19.5 Å². The van der Waals surface area contributed by atoms with Crippen LogP contribution in [0.15, 0.2) is 82.7 Å². The Morgan fingerprint density at radius 1 is 1.11 bits per heavy atom. The number of benzene rings is 1. The van der Waals surface area contributed by atoms with Crippen LogP contribution < -0.4 is 16.2 Å². The van der Waals surface area contributed by atoms with E-state index in [-0.39, 0.29) is 30.4 Å². The molecule has 4 aromatic heterocycles. The highest BCUT2D eigenvalue weighted by Crippen LogP contribution is 2.19. The fraction of sp³-hybridized carbons (Fsp3) is 0.192. The molecule has 0 aliphatic rings. The van der Waals surface area contributed by atoms with Gasteiger partial charge in [0.2, 0.25) is 5.91 Å². The quantitative estimate of drug-likeness (QED) is 0.331. The minimum absolute atomic E-state index is 0.180. The van der Waals surface area contributed by atoms with Gasteiger partial charge >= 0.3 is 0 Å². The van der Waals surface area contributed by atoms with Gasteiger partial charge in [0.1, 0.15) is 17.9 Å². The van der Waals surface area contributed by atoms with Crippen LogP contribution in [-0.2, 0) is 31.4 Å². The van der Waals surface area contributed by atoms with Crippen LogP contribution in [0.1, 0.15) is 11.3 Å². The average Bonchev–Trinajstić information content (AvgIpc) is 3.51. The molecule has 0 atom stereocenters. The molecule has 2 N–H and O–H groups in total. The maximum atomic E-state index is 13.3. The normalized spacial score (nSPS) is 11.0. The first-order chi connectivity index (χ1) is 17.6. The van der Waals surface area contributed by atoms with Gasteiger partial charge in [0.05, 0.1) is 24.6 Å². The molecule has 0 saturated carbocycles. The van der Waals surface area contributed by atoms with Crippen molar-refractivity contribution in [1.82, 2.24) is 29.6 Å². The van der Waals surface area contributed by atoms with E-state index in [1.165, 1.54) is 4.57 Å². The van der Waals surface area contributed by atoms with Crippen LogP contribution >= 0.6 is 0 Å². The molecule has 4 heterocycles. The Kier molecular flexibility index (Phi) is 6.57. The van der Waals surface area contributed by atoms with Gasteiger partial charge in [-0.2, -0.15) is 5.10 Å². The van der Waals surface area contributed by atoms with Crippen molar-refractivity contribution in [3.05, 3.63) is 95.1 Å². The maximum absolute atomic E-state index is 13.3. The van der Waals surface area contributed by atoms with Gasteiger partial charge < -0.3 is 15.1 Å². The Labute approximate surface area is 206 Å². The number of anilines is 1. The third kappa shape index (κ3) is 5.17. The van der Waals surface area contributed by atoms with Crippen LogP contribution in [0.25, 0.3) is 22.2 Å². The van der Waals surface area contributed by atoms with E-state index in [1.807, 2.05) is 36.4 Å². The molecule has 1 aromatic carbocycles. The lowest BCUT2D eigenvalue weighted by Crippen LogP contribution is -2.34. The summed E-state index contributed by atoms with van der Waals surface area (Å²) < 4.78 is 8.77. The number of pyridine rings is 1. The summed E-state index contributed by atoms with van der Waals surface area (Å²) in [6, 6.07) is 13.6. The monoisotopic (exact) mass is 483 g/mol. The number of amides is 1. The van der Waals surface area contributed by atoms with E-state index in [0.717, 1.165) is 17.4 Å². The summed E-state index contributed by atoms with van der Waals surface area (Å²) in [5.74, 6) is 0.461. The van der Waals surface area contributed by atoms with Crippen LogP contribution in [0, 0.1) is 0 Å². The Hall–Kier alpha value is -4.73. The fourth-order valence-corrected chi connectivity index (χ4v) is 3.93. The molecule has 0 aliphatic heterocycles. The van der Waals surface area contributed by atoms with Crippen LogP contribution in [0.2, 0.25) is 0 Å². The lowest BCUT2D eigenvalue weighted by Gasteiger charge is -2.14. The topological polar surface area (TPSA) is 120 Å². The summed E-state index contributed by atoms with van der Waals surface area (Å²) in [4.78, 5) is 34.6. The molecule has 5 aromatic rings. The van der Waals surface area contributed by atoms with Gasteiger partial charge in [-0.3, -0.25) is 23.8 Å². The number of aromatic nitrogens is 5. The second-order valence-electron chi connectivity index (χ2n) is 8.35. The molecular weight excluding hydrogens is 458 g/mol. The van der Waals surface area contributed by atoms with E-state index < -0.39 is 0 Å². The highest BCUT2D eigenvalue weighted by Gasteiger charge is 2.16. The third-order valence-corrected chi connectivity index (χ3v) is 5.73. The van der Waals surface area contributed by atoms with Crippen molar-refractivity contribution in [1.29, 1.82) is 0 Å². The molecule has 0 fully saturated rings. The molecule has 36 heavy (non-hydrogen) atoms. The van der Waals surface area contributed by atoms with Gasteiger partial charge in [0, 0.05) is 43.1 Å². The number of nitrogens with one attached hydrogen (secondary N) is 2. The number of hydrogen-bond donors (Lipinski definition) is 2. The van der Waals surface area contributed by atoms with Crippen molar-refractivity contribution < 1.29 is 9.21 Å². The standard InChI is InChI=1S/C26H25N7O3/c1-32-16-20(13-31-32)22-15-30-25(28-10-7-18-5-3-2-4-6-18)26(35)33(22)17-24(34)29-14-21-11-19-12-27-9-8-23(19)36-21/h2-6,8-9,11-13,15-16H,7,10,14,17H2,1H3,(H,28,30)(H,29,34). The number of aryl methyl sites for hydroxylation is 1. The summed E-state index contributed by atoms with van der Waals surface area (Å²) in [5.41, 5.74) is 2.67. The van der Waals surface area contributed by atoms with E-state index in [2.05, 4.69) is 25.7 Å². The molecular formula is C26H25N7O3. The minimum atomic E-state index is -0.380. The SMILES string of the molecule is Cn1cc(-c2cnc(NCCc3ccccc3)c(=O)n2CC(=O)NCc2cc3cnccc3o2)cn1. The average molecular weight is 484 g/mol. The number of furan rings is 1. The maximum Gasteiger partial charge on any atom is 0.294 e.